The van der Waals surface area contributed by atoms with E-state index in [1.165, 1.54) is 11.1 Å². The van der Waals surface area contributed by atoms with Crippen LogP contribution < -0.4 is 0 Å². The summed E-state index contributed by atoms with van der Waals surface area (Å²) >= 11 is 0. The first-order valence-corrected chi connectivity index (χ1v) is 15.5. The van der Waals surface area contributed by atoms with E-state index in [1.54, 1.807) is 24.3 Å². The van der Waals surface area contributed by atoms with Crippen molar-refractivity contribution in [3.63, 3.8) is 0 Å². The van der Waals surface area contributed by atoms with Crippen LogP contribution in [0.15, 0.2) is 145 Å². The molecule has 0 aliphatic heterocycles. The summed E-state index contributed by atoms with van der Waals surface area (Å²) in [4.78, 5) is 0. The Morgan fingerprint density at radius 3 is 1.69 bits per heavy atom. The third-order valence-electron chi connectivity index (χ3n) is 9.62. The zero-order valence-electron chi connectivity index (χ0n) is 26.3. The van der Waals surface area contributed by atoms with Gasteiger partial charge in [0.05, 0.1) is 0 Å². The Balaban J connectivity index is 1.44. The second-order valence-corrected chi connectivity index (χ2v) is 13.1. The average Bonchev–Trinajstić information content (AvgIpc) is 3.54. The predicted octanol–water partition coefficient (Wildman–Crippen LogP) is 10.0. The van der Waals surface area contributed by atoms with Gasteiger partial charge < -0.3 is 15.3 Å². The van der Waals surface area contributed by atoms with Gasteiger partial charge in [0, 0.05) is 28.2 Å². The summed E-state index contributed by atoms with van der Waals surface area (Å²) in [6.07, 6.45) is 6.80. The molecule has 2 unspecified atom stereocenters. The predicted molar refractivity (Wildman–Crippen MR) is 184 cm³/mol. The molecule has 0 saturated carbocycles. The van der Waals surface area contributed by atoms with E-state index in [-0.39, 0.29) is 39.9 Å². The Morgan fingerprint density at radius 1 is 0.556 bits per heavy atom. The number of hydrogen-bond acceptors (Lipinski definition) is 3. The lowest BCUT2D eigenvalue weighted by molar-refractivity contribution is 0.459. The molecule has 3 nitrogen and oxygen atoms in total. The fourth-order valence-electron chi connectivity index (χ4n) is 6.56. The van der Waals surface area contributed by atoms with E-state index in [4.69, 9.17) is 0 Å². The quantitative estimate of drug-likeness (QED) is 0.168. The van der Waals surface area contributed by atoms with E-state index in [1.807, 2.05) is 42.5 Å². The van der Waals surface area contributed by atoms with Gasteiger partial charge in [0.25, 0.3) is 0 Å². The maximum atomic E-state index is 11.5. The number of rotatable bonds is 8. The van der Waals surface area contributed by atoms with Gasteiger partial charge in [-0.1, -0.05) is 137 Å². The molecule has 0 amide bonds. The lowest BCUT2D eigenvalue weighted by atomic mass is 9.74. The van der Waals surface area contributed by atoms with E-state index < -0.39 is 0 Å². The van der Waals surface area contributed by atoms with Crippen molar-refractivity contribution in [2.24, 2.45) is 5.92 Å². The standard InChI is InChI=1S/C42H40O3/c1-41(2,32-16-21-36(43)22-17-32)34-15-14-31(26-34)40(30-12-10-29(11-13-30)28-8-6-5-7-9-28)38-27-35(20-25-39(38)45)42(3,4)33-18-23-37(44)24-19-33/h5-27,31,40,43-45H,1-4H3. The van der Waals surface area contributed by atoms with Crippen molar-refractivity contribution in [2.75, 3.05) is 0 Å². The first kappa shape index (κ1) is 30.0. The molecule has 3 heteroatoms. The van der Waals surface area contributed by atoms with Crippen molar-refractivity contribution in [1.29, 1.82) is 0 Å². The van der Waals surface area contributed by atoms with Gasteiger partial charge in [-0.05, 0) is 69.3 Å². The number of aromatic hydroxyl groups is 3. The molecule has 5 aromatic rings. The Hall–Kier alpha value is -5.02. The SMILES string of the molecule is CC(C)(C1=CC(C(c2ccc(-c3ccccc3)cc2)c2cc(C(C)(C)c3ccc(O)cc3)ccc2O)C=C1)c1ccc(O)cc1. The van der Waals surface area contributed by atoms with Gasteiger partial charge in [0.1, 0.15) is 17.2 Å². The van der Waals surface area contributed by atoms with Crippen LogP contribution in [0.5, 0.6) is 17.2 Å². The molecular formula is C42H40O3. The van der Waals surface area contributed by atoms with Crippen LogP contribution in [0.1, 0.15) is 61.4 Å². The molecule has 0 radical (unpaired) electrons. The van der Waals surface area contributed by atoms with Gasteiger partial charge in [0.2, 0.25) is 0 Å². The topological polar surface area (TPSA) is 60.7 Å². The molecule has 0 aromatic heterocycles. The molecular weight excluding hydrogens is 552 g/mol. The minimum atomic E-state index is -0.356. The molecule has 2 atom stereocenters. The van der Waals surface area contributed by atoms with E-state index in [9.17, 15) is 15.3 Å². The molecule has 1 aliphatic carbocycles. The molecule has 226 valence electrons. The highest BCUT2D eigenvalue weighted by Gasteiger charge is 2.33. The van der Waals surface area contributed by atoms with Gasteiger partial charge in [-0.15, -0.1) is 0 Å². The lowest BCUT2D eigenvalue weighted by Crippen LogP contribution is -2.20. The summed E-state index contributed by atoms with van der Waals surface area (Å²) in [7, 11) is 0. The number of benzene rings is 5. The summed E-state index contributed by atoms with van der Waals surface area (Å²) in [5.41, 5.74) is 8.18. The van der Waals surface area contributed by atoms with Crippen LogP contribution in [0.2, 0.25) is 0 Å². The van der Waals surface area contributed by atoms with Gasteiger partial charge in [-0.2, -0.15) is 0 Å². The molecule has 0 heterocycles. The third-order valence-corrected chi connectivity index (χ3v) is 9.62. The first-order chi connectivity index (χ1) is 21.5. The molecule has 0 spiro atoms. The Kier molecular flexibility index (Phi) is 7.88. The molecule has 5 aromatic carbocycles. The van der Waals surface area contributed by atoms with E-state index in [2.05, 4.69) is 101 Å². The van der Waals surface area contributed by atoms with Crippen molar-refractivity contribution in [3.05, 3.63) is 173 Å². The molecule has 0 saturated heterocycles. The van der Waals surface area contributed by atoms with Crippen LogP contribution in [0.25, 0.3) is 11.1 Å². The maximum absolute atomic E-state index is 11.5. The lowest BCUT2D eigenvalue weighted by Gasteiger charge is -2.30. The van der Waals surface area contributed by atoms with Crippen molar-refractivity contribution in [1.82, 2.24) is 0 Å². The summed E-state index contributed by atoms with van der Waals surface area (Å²) < 4.78 is 0. The Bertz CT molecular complexity index is 1840. The van der Waals surface area contributed by atoms with Crippen LogP contribution >= 0.6 is 0 Å². The third kappa shape index (κ3) is 5.91. The summed E-state index contributed by atoms with van der Waals surface area (Å²) in [5, 5.41) is 31.2. The van der Waals surface area contributed by atoms with Crippen LogP contribution in [0, 0.1) is 5.92 Å². The van der Waals surface area contributed by atoms with Crippen LogP contribution in [-0.4, -0.2) is 15.3 Å². The van der Waals surface area contributed by atoms with Crippen molar-refractivity contribution < 1.29 is 15.3 Å². The normalized spacial score (nSPS) is 15.6. The summed E-state index contributed by atoms with van der Waals surface area (Å²) in [6.45, 7) is 8.76. The highest BCUT2D eigenvalue weighted by molar-refractivity contribution is 5.64. The first-order valence-electron chi connectivity index (χ1n) is 15.5. The van der Waals surface area contributed by atoms with Crippen LogP contribution in [0.3, 0.4) is 0 Å². The monoisotopic (exact) mass is 592 g/mol. The molecule has 1 aliphatic rings. The van der Waals surface area contributed by atoms with Crippen molar-refractivity contribution in [2.45, 2.75) is 44.4 Å². The minimum absolute atomic E-state index is 0.0110. The number of allylic oxidation sites excluding steroid dienone is 4. The highest BCUT2D eigenvalue weighted by Crippen LogP contribution is 2.46. The summed E-state index contributed by atoms with van der Waals surface area (Å²) in [5.74, 6) is 0.649. The smallest absolute Gasteiger partial charge is 0.119 e. The van der Waals surface area contributed by atoms with E-state index in [0.29, 0.717) is 0 Å². The number of hydrogen-bond donors (Lipinski definition) is 3. The second kappa shape index (κ2) is 11.8. The average molecular weight is 593 g/mol. The fourth-order valence-corrected chi connectivity index (χ4v) is 6.56. The largest absolute Gasteiger partial charge is 0.508 e. The molecule has 45 heavy (non-hydrogen) atoms. The number of phenols is 3. The van der Waals surface area contributed by atoms with Gasteiger partial charge >= 0.3 is 0 Å². The molecule has 6 rings (SSSR count). The zero-order chi connectivity index (χ0) is 31.8. The van der Waals surface area contributed by atoms with Crippen LogP contribution in [-0.2, 0) is 10.8 Å². The fraction of sp³-hybridized carbons (Fsp3) is 0.190. The molecule has 3 N–H and O–H groups in total. The van der Waals surface area contributed by atoms with Crippen molar-refractivity contribution in [3.8, 4) is 28.4 Å². The zero-order valence-corrected chi connectivity index (χ0v) is 26.3. The molecule has 0 fully saturated rings. The number of phenolic OH excluding ortho intramolecular Hbond substituents is 3. The second-order valence-electron chi connectivity index (χ2n) is 13.1. The summed E-state index contributed by atoms with van der Waals surface area (Å²) in [6, 6.07) is 39.9. The molecule has 0 bridgehead atoms. The Labute approximate surface area is 266 Å². The highest BCUT2D eigenvalue weighted by atomic mass is 16.3. The Morgan fingerprint density at radius 2 is 1.09 bits per heavy atom. The minimum Gasteiger partial charge on any atom is -0.508 e. The van der Waals surface area contributed by atoms with E-state index >= 15 is 0 Å². The van der Waals surface area contributed by atoms with Crippen LogP contribution in [0.4, 0.5) is 0 Å². The van der Waals surface area contributed by atoms with Crippen molar-refractivity contribution >= 4 is 0 Å². The van der Waals surface area contributed by atoms with Gasteiger partial charge in [-0.3, -0.25) is 0 Å². The van der Waals surface area contributed by atoms with Gasteiger partial charge in [-0.25, -0.2) is 0 Å². The maximum Gasteiger partial charge on any atom is 0.119 e. The van der Waals surface area contributed by atoms with E-state index in [0.717, 1.165) is 33.4 Å². The van der Waals surface area contributed by atoms with Gasteiger partial charge in [0.15, 0.2) is 0 Å².